The molecule has 2 heterocycles. The first kappa shape index (κ1) is 10.7. The fraction of sp³-hybridized carbons (Fsp3) is 0.750. The third-order valence-electron chi connectivity index (χ3n) is 3.12. The molecule has 0 unspecified atom stereocenters. The highest BCUT2D eigenvalue weighted by atomic mass is 15.3. The SMILES string of the molecule is CC(C)Cc1nn(C)c2c1CN(C)CC2. The Hall–Kier alpha value is -0.830. The average molecular weight is 207 g/mol. The van der Waals surface area contributed by atoms with Crippen LogP contribution in [-0.2, 0) is 26.4 Å². The van der Waals surface area contributed by atoms with Crippen molar-refractivity contribution in [3.63, 3.8) is 0 Å². The van der Waals surface area contributed by atoms with Crippen LogP contribution >= 0.6 is 0 Å². The molecular formula is C12H21N3. The molecule has 1 aromatic heterocycles. The van der Waals surface area contributed by atoms with Crippen molar-refractivity contribution in [3.05, 3.63) is 17.0 Å². The Morgan fingerprint density at radius 2 is 2.07 bits per heavy atom. The summed E-state index contributed by atoms with van der Waals surface area (Å²) in [6, 6.07) is 0. The Morgan fingerprint density at radius 3 is 2.73 bits per heavy atom. The second kappa shape index (κ2) is 3.97. The van der Waals surface area contributed by atoms with Crippen LogP contribution in [0.2, 0.25) is 0 Å². The molecular weight excluding hydrogens is 186 g/mol. The van der Waals surface area contributed by atoms with Crippen molar-refractivity contribution < 1.29 is 0 Å². The van der Waals surface area contributed by atoms with Gasteiger partial charge in [0.1, 0.15) is 0 Å². The van der Waals surface area contributed by atoms with Gasteiger partial charge < -0.3 is 4.90 Å². The van der Waals surface area contributed by atoms with Gasteiger partial charge in [0.05, 0.1) is 5.69 Å². The fourth-order valence-corrected chi connectivity index (χ4v) is 2.36. The molecule has 3 nitrogen and oxygen atoms in total. The fourth-order valence-electron chi connectivity index (χ4n) is 2.36. The molecule has 0 N–H and O–H groups in total. The highest BCUT2D eigenvalue weighted by Crippen LogP contribution is 2.22. The van der Waals surface area contributed by atoms with E-state index in [2.05, 4.69) is 42.6 Å². The lowest BCUT2D eigenvalue weighted by atomic mass is 10.00. The minimum atomic E-state index is 0.691. The Balaban J connectivity index is 2.32. The van der Waals surface area contributed by atoms with Crippen molar-refractivity contribution in [2.24, 2.45) is 13.0 Å². The largest absolute Gasteiger partial charge is 0.302 e. The second-order valence-electron chi connectivity index (χ2n) is 5.08. The molecule has 0 saturated heterocycles. The molecule has 15 heavy (non-hydrogen) atoms. The smallest absolute Gasteiger partial charge is 0.0675 e. The summed E-state index contributed by atoms with van der Waals surface area (Å²) in [4.78, 5) is 2.38. The van der Waals surface area contributed by atoms with E-state index in [4.69, 9.17) is 0 Å². The molecule has 3 heteroatoms. The lowest BCUT2D eigenvalue weighted by molar-refractivity contribution is 0.308. The normalized spacial score (nSPS) is 17.1. The van der Waals surface area contributed by atoms with Gasteiger partial charge in [-0.1, -0.05) is 13.8 Å². The van der Waals surface area contributed by atoms with E-state index in [0.717, 1.165) is 25.9 Å². The molecule has 0 aromatic carbocycles. The van der Waals surface area contributed by atoms with Crippen molar-refractivity contribution >= 4 is 0 Å². The van der Waals surface area contributed by atoms with E-state index >= 15 is 0 Å². The molecule has 1 aromatic rings. The van der Waals surface area contributed by atoms with E-state index in [9.17, 15) is 0 Å². The number of aryl methyl sites for hydroxylation is 1. The predicted molar refractivity (Wildman–Crippen MR) is 61.8 cm³/mol. The molecule has 0 amide bonds. The molecule has 0 fully saturated rings. The van der Waals surface area contributed by atoms with Crippen LogP contribution in [0.3, 0.4) is 0 Å². The third-order valence-corrected chi connectivity index (χ3v) is 3.12. The molecule has 0 atom stereocenters. The van der Waals surface area contributed by atoms with Crippen molar-refractivity contribution in [1.82, 2.24) is 14.7 Å². The first-order chi connectivity index (χ1) is 7.08. The predicted octanol–water partition coefficient (Wildman–Crippen LogP) is 1.61. The summed E-state index contributed by atoms with van der Waals surface area (Å²) in [5.74, 6) is 0.691. The van der Waals surface area contributed by atoms with Gasteiger partial charge in [-0.25, -0.2) is 0 Å². The first-order valence-corrected chi connectivity index (χ1v) is 5.80. The van der Waals surface area contributed by atoms with Crippen LogP contribution in [0.1, 0.15) is 30.8 Å². The summed E-state index contributed by atoms with van der Waals surface area (Å²) < 4.78 is 2.08. The maximum Gasteiger partial charge on any atom is 0.0675 e. The minimum Gasteiger partial charge on any atom is -0.302 e. The maximum atomic E-state index is 4.66. The van der Waals surface area contributed by atoms with Crippen molar-refractivity contribution in [1.29, 1.82) is 0 Å². The number of hydrogen-bond acceptors (Lipinski definition) is 2. The molecule has 0 bridgehead atoms. The molecule has 0 aliphatic carbocycles. The van der Waals surface area contributed by atoms with Gasteiger partial charge in [-0.15, -0.1) is 0 Å². The van der Waals surface area contributed by atoms with E-state index in [0.29, 0.717) is 5.92 Å². The molecule has 0 saturated carbocycles. The van der Waals surface area contributed by atoms with Crippen LogP contribution in [0.5, 0.6) is 0 Å². The van der Waals surface area contributed by atoms with Crippen molar-refractivity contribution in [3.8, 4) is 0 Å². The summed E-state index contributed by atoms with van der Waals surface area (Å²) in [7, 11) is 4.27. The minimum absolute atomic E-state index is 0.691. The van der Waals surface area contributed by atoms with Gasteiger partial charge in [0.2, 0.25) is 0 Å². The number of hydrogen-bond donors (Lipinski definition) is 0. The summed E-state index contributed by atoms with van der Waals surface area (Å²) in [6.45, 7) is 6.75. The molecule has 84 valence electrons. The molecule has 2 rings (SSSR count). The zero-order valence-electron chi connectivity index (χ0n) is 10.2. The van der Waals surface area contributed by atoms with E-state index in [1.165, 1.54) is 17.0 Å². The quantitative estimate of drug-likeness (QED) is 0.734. The summed E-state index contributed by atoms with van der Waals surface area (Å²) >= 11 is 0. The summed E-state index contributed by atoms with van der Waals surface area (Å²) in [5.41, 5.74) is 4.25. The van der Waals surface area contributed by atoms with Gasteiger partial charge in [-0.05, 0) is 19.4 Å². The Morgan fingerprint density at radius 1 is 1.33 bits per heavy atom. The van der Waals surface area contributed by atoms with Crippen LogP contribution in [0, 0.1) is 5.92 Å². The van der Waals surface area contributed by atoms with Crippen LogP contribution in [0.15, 0.2) is 0 Å². The standard InChI is InChI=1S/C12H21N3/c1-9(2)7-11-10-8-14(3)6-5-12(10)15(4)13-11/h9H,5-8H2,1-4H3. The maximum absolute atomic E-state index is 4.66. The van der Waals surface area contributed by atoms with Crippen molar-refractivity contribution in [2.75, 3.05) is 13.6 Å². The van der Waals surface area contributed by atoms with Crippen LogP contribution in [0.25, 0.3) is 0 Å². The summed E-state index contributed by atoms with van der Waals surface area (Å²) in [5, 5.41) is 4.66. The van der Waals surface area contributed by atoms with Crippen molar-refractivity contribution in [2.45, 2.75) is 33.2 Å². The van der Waals surface area contributed by atoms with Gasteiger partial charge in [0, 0.05) is 37.8 Å². The number of aromatic nitrogens is 2. The third kappa shape index (κ3) is 2.07. The second-order valence-corrected chi connectivity index (χ2v) is 5.08. The van der Waals surface area contributed by atoms with Crippen LogP contribution in [-0.4, -0.2) is 28.3 Å². The zero-order valence-corrected chi connectivity index (χ0v) is 10.2. The topological polar surface area (TPSA) is 21.1 Å². The van der Waals surface area contributed by atoms with Gasteiger partial charge >= 0.3 is 0 Å². The number of likely N-dealkylation sites (N-methyl/N-ethyl adjacent to an activating group) is 1. The Bertz CT molecular complexity index is 352. The average Bonchev–Trinajstić information content (AvgIpc) is 2.42. The summed E-state index contributed by atoms with van der Waals surface area (Å²) in [6.07, 6.45) is 2.25. The number of nitrogens with zero attached hydrogens (tertiary/aromatic N) is 3. The zero-order chi connectivity index (χ0) is 11.0. The lowest BCUT2D eigenvalue weighted by Gasteiger charge is -2.23. The van der Waals surface area contributed by atoms with E-state index in [-0.39, 0.29) is 0 Å². The van der Waals surface area contributed by atoms with Gasteiger partial charge in [0.15, 0.2) is 0 Å². The molecule has 1 aliphatic heterocycles. The first-order valence-electron chi connectivity index (χ1n) is 5.80. The monoisotopic (exact) mass is 207 g/mol. The number of fused-ring (bicyclic) bond motifs is 1. The Labute approximate surface area is 92.1 Å². The van der Waals surface area contributed by atoms with Crippen LogP contribution < -0.4 is 0 Å². The number of rotatable bonds is 2. The van der Waals surface area contributed by atoms with E-state index in [1.807, 2.05) is 0 Å². The Kier molecular flexibility index (Phi) is 2.83. The lowest BCUT2D eigenvalue weighted by Crippen LogP contribution is -2.27. The molecule has 0 radical (unpaired) electrons. The van der Waals surface area contributed by atoms with Gasteiger partial charge in [-0.3, -0.25) is 4.68 Å². The van der Waals surface area contributed by atoms with Gasteiger partial charge in [0.25, 0.3) is 0 Å². The molecule has 1 aliphatic rings. The van der Waals surface area contributed by atoms with Crippen LogP contribution in [0.4, 0.5) is 0 Å². The highest BCUT2D eigenvalue weighted by Gasteiger charge is 2.21. The van der Waals surface area contributed by atoms with Gasteiger partial charge in [-0.2, -0.15) is 5.10 Å². The van der Waals surface area contributed by atoms with E-state index < -0.39 is 0 Å². The van der Waals surface area contributed by atoms with E-state index in [1.54, 1.807) is 0 Å². The molecule has 0 spiro atoms. The highest BCUT2D eigenvalue weighted by molar-refractivity contribution is 5.28.